The van der Waals surface area contributed by atoms with E-state index < -0.39 is 0 Å². The lowest BCUT2D eigenvalue weighted by Gasteiger charge is -2.10. The van der Waals surface area contributed by atoms with Crippen LogP contribution in [0.25, 0.3) is 11.3 Å². The van der Waals surface area contributed by atoms with Gasteiger partial charge in [-0.1, -0.05) is 35.5 Å². The van der Waals surface area contributed by atoms with Gasteiger partial charge in [-0.3, -0.25) is 9.59 Å². The van der Waals surface area contributed by atoms with Gasteiger partial charge in [-0.05, 0) is 19.3 Å². The van der Waals surface area contributed by atoms with E-state index in [-0.39, 0.29) is 29.5 Å². The van der Waals surface area contributed by atoms with Crippen LogP contribution in [-0.4, -0.2) is 36.2 Å². The largest absolute Gasteiger partial charge is 0.376 e. The Hall–Kier alpha value is -2.67. The zero-order chi connectivity index (χ0) is 17.8. The maximum atomic E-state index is 12.4. The number of rotatable bonds is 6. The fraction of sp³-hybridized carbons (Fsp3) is 0.389. The number of nitrogens with one attached hydrogen (secondary N) is 1. The molecule has 1 saturated heterocycles. The second kappa shape index (κ2) is 7.48. The molecule has 1 fully saturated rings. The second-order valence-corrected chi connectivity index (χ2v) is 6.29. The fourth-order valence-electron chi connectivity index (χ4n) is 3.05. The van der Waals surface area contributed by atoms with Gasteiger partial charge < -0.3 is 20.3 Å². The highest BCUT2D eigenvalue weighted by Gasteiger charge is 2.28. The van der Waals surface area contributed by atoms with Crippen molar-refractivity contribution >= 4 is 11.8 Å². The molecule has 2 atom stereocenters. The number of nitrogens with two attached hydrogens (primary N) is 1. The molecule has 1 aliphatic heterocycles. The minimum Gasteiger partial charge on any atom is -0.376 e. The van der Waals surface area contributed by atoms with Crippen LogP contribution < -0.4 is 11.1 Å². The lowest BCUT2D eigenvalue weighted by molar-refractivity contribution is -0.118. The Morgan fingerprint density at radius 2 is 2.08 bits per heavy atom. The van der Waals surface area contributed by atoms with Gasteiger partial charge >= 0.3 is 0 Å². The van der Waals surface area contributed by atoms with Crippen molar-refractivity contribution in [3.05, 3.63) is 41.6 Å². The third-order valence-electron chi connectivity index (χ3n) is 4.32. The molecule has 3 N–H and O–H groups in total. The van der Waals surface area contributed by atoms with Crippen molar-refractivity contribution in [3.8, 4) is 11.3 Å². The molecule has 1 aliphatic rings. The maximum Gasteiger partial charge on any atom is 0.273 e. The first-order valence-corrected chi connectivity index (χ1v) is 8.24. The molecule has 0 aliphatic carbocycles. The quantitative estimate of drug-likeness (QED) is 0.829. The number of nitrogens with zero attached hydrogens (tertiary/aromatic N) is 1. The molecular formula is C18H21N3O4. The summed E-state index contributed by atoms with van der Waals surface area (Å²) in [5.74, 6) is 0.0811. The topological polar surface area (TPSA) is 107 Å². The SMILES string of the molecule is Cc1c(C(=O)NCC2CC(CC(N)=O)CO2)noc1-c1ccccc1. The molecule has 1 aromatic heterocycles. The molecule has 7 heteroatoms. The molecule has 2 amide bonds. The summed E-state index contributed by atoms with van der Waals surface area (Å²) in [7, 11) is 0. The lowest BCUT2D eigenvalue weighted by Crippen LogP contribution is -2.32. The maximum absolute atomic E-state index is 12.4. The van der Waals surface area contributed by atoms with E-state index in [4.69, 9.17) is 15.0 Å². The van der Waals surface area contributed by atoms with Crippen molar-refractivity contribution in [1.29, 1.82) is 0 Å². The molecule has 0 spiro atoms. The molecule has 7 nitrogen and oxygen atoms in total. The summed E-state index contributed by atoms with van der Waals surface area (Å²) in [4.78, 5) is 23.3. The number of ether oxygens (including phenoxy) is 1. The summed E-state index contributed by atoms with van der Waals surface area (Å²) in [5, 5.41) is 6.72. The van der Waals surface area contributed by atoms with Crippen LogP contribution in [0.3, 0.4) is 0 Å². The van der Waals surface area contributed by atoms with Gasteiger partial charge in [0, 0.05) is 24.1 Å². The van der Waals surface area contributed by atoms with Gasteiger partial charge in [0.2, 0.25) is 5.91 Å². The second-order valence-electron chi connectivity index (χ2n) is 6.29. The molecular weight excluding hydrogens is 322 g/mol. The van der Waals surface area contributed by atoms with Crippen molar-refractivity contribution in [2.45, 2.75) is 25.9 Å². The summed E-state index contributed by atoms with van der Waals surface area (Å²) < 4.78 is 10.9. The Bertz CT molecular complexity index is 757. The molecule has 2 heterocycles. The van der Waals surface area contributed by atoms with Crippen LogP contribution in [-0.2, 0) is 9.53 Å². The van der Waals surface area contributed by atoms with E-state index in [1.807, 2.05) is 37.3 Å². The summed E-state index contributed by atoms with van der Waals surface area (Å²) in [5.41, 5.74) is 7.04. The molecule has 0 bridgehead atoms. The van der Waals surface area contributed by atoms with E-state index in [1.165, 1.54) is 0 Å². The van der Waals surface area contributed by atoms with Crippen LogP contribution in [0.4, 0.5) is 0 Å². The zero-order valence-electron chi connectivity index (χ0n) is 14.0. The smallest absolute Gasteiger partial charge is 0.273 e. The van der Waals surface area contributed by atoms with Crippen molar-refractivity contribution in [1.82, 2.24) is 10.5 Å². The van der Waals surface area contributed by atoms with Gasteiger partial charge in [-0.25, -0.2) is 0 Å². The molecule has 25 heavy (non-hydrogen) atoms. The van der Waals surface area contributed by atoms with Gasteiger partial charge in [0.1, 0.15) is 0 Å². The highest BCUT2D eigenvalue weighted by atomic mass is 16.5. The van der Waals surface area contributed by atoms with Crippen LogP contribution in [0.5, 0.6) is 0 Å². The summed E-state index contributed by atoms with van der Waals surface area (Å²) >= 11 is 0. The number of carbonyl (C=O) groups is 2. The Morgan fingerprint density at radius 1 is 1.32 bits per heavy atom. The van der Waals surface area contributed by atoms with Crippen molar-refractivity contribution in [2.24, 2.45) is 11.7 Å². The predicted octanol–water partition coefficient (Wildman–Crippen LogP) is 1.66. The molecule has 2 aromatic rings. The average molecular weight is 343 g/mol. The van der Waals surface area contributed by atoms with Crippen LogP contribution in [0.15, 0.2) is 34.9 Å². The number of hydrogen-bond acceptors (Lipinski definition) is 5. The first-order chi connectivity index (χ1) is 12.0. The Labute approximate surface area is 145 Å². The molecule has 0 radical (unpaired) electrons. The van der Waals surface area contributed by atoms with Gasteiger partial charge in [0.05, 0.1) is 12.7 Å². The van der Waals surface area contributed by atoms with Crippen LogP contribution in [0.2, 0.25) is 0 Å². The number of primary amides is 1. The third-order valence-corrected chi connectivity index (χ3v) is 4.32. The van der Waals surface area contributed by atoms with E-state index in [9.17, 15) is 9.59 Å². The molecule has 1 aromatic carbocycles. The number of amides is 2. The van der Waals surface area contributed by atoms with Crippen molar-refractivity contribution < 1.29 is 18.8 Å². The van der Waals surface area contributed by atoms with Crippen LogP contribution in [0.1, 0.15) is 28.9 Å². The number of aromatic nitrogens is 1. The average Bonchev–Trinajstić information content (AvgIpc) is 3.19. The monoisotopic (exact) mass is 343 g/mol. The van der Waals surface area contributed by atoms with Crippen molar-refractivity contribution in [2.75, 3.05) is 13.2 Å². The van der Waals surface area contributed by atoms with E-state index in [0.717, 1.165) is 5.56 Å². The molecule has 3 rings (SSSR count). The highest BCUT2D eigenvalue weighted by Crippen LogP contribution is 2.25. The highest BCUT2D eigenvalue weighted by molar-refractivity contribution is 5.95. The Kier molecular flexibility index (Phi) is 5.14. The first-order valence-electron chi connectivity index (χ1n) is 8.24. The zero-order valence-corrected chi connectivity index (χ0v) is 14.0. The summed E-state index contributed by atoms with van der Waals surface area (Å²) in [6.45, 7) is 2.66. The number of benzene rings is 1. The molecule has 132 valence electrons. The minimum atomic E-state index is -0.329. The van der Waals surface area contributed by atoms with Gasteiger partial charge in [-0.15, -0.1) is 0 Å². The normalized spacial score (nSPS) is 19.7. The van der Waals surface area contributed by atoms with Gasteiger partial charge in [0.15, 0.2) is 11.5 Å². The van der Waals surface area contributed by atoms with Gasteiger partial charge in [0.25, 0.3) is 5.91 Å². The van der Waals surface area contributed by atoms with E-state index in [2.05, 4.69) is 10.5 Å². The Balaban J connectivity index is 1.58. The van der Waals surface area contributed by atoms with Crippen LogP contribution in [0, 0.1) is 12.8 Å². The predicted molar refractivity (Wildman–Crippen MR) is 90.7 cm³/mol. The van der Waals surface area contributed by atoms with E-state index in [0.29, 0.717) is 37.3 Å². The minimum absolute atomic E-state index is 0.117. The van der Waals surface area contributed by atoms with E-state index >= 15 is 0 Å². The van der Waals surface area contributed by atoms with E-state index in [1.54, 1.807) is 0 Å². The van der Waals surface area contributed by atoms with Gasteiger partial charge in [-0.2, -0.15) is 0 Å². The standard InChI is InChI=1S/C18H21N3O4/c1-11-16(21-25-17(11)13-5-3-2-4-6-13)18(23)20-9-14-7-12(10-24-14)8-15(19)22/h2-6,12,14H,7-10H2,1H3,(H2,19,22)(H,20,23). The molecule has 2 unspecified atom stereocenters. The number of carbonyl (C=O) groups excluding carboxylic acids is 2. The molecule has 0 saturated carbocycles. The fourth-order valence-corrected chi connectivity index (χ4v) is 3.05. The summed E-state index contributed by atoms with van der Waals surface area (Å²) in [6, 6.07) is 9.52. The number of hydrogen-bond donors (Lipinski definition) is 2. The first kappa shape index (κ1) is 17.2. The third kappa shape index (κ3) is 4.06. The van der Waals surface area contributed by atoms with Crippen LogP contribution >= 0.6 is 0 Å². The van der Waals surface area contributed by atoms with Crippen molar-refractivity contribution in [3.63, 3.8) is 0 Å². The summed E-state index contributed by atoms with van der Waals surface area (Å²) in [6.07, 6.45) is 0.901. The Morgan fingerprint density at radius 3 is 2.80 bits per heavy atom. The lowest BCUT2D eigenvalue weighted by atomic mass is 10.0.